The van der Waals surface area contributed by atoms with Gasteiger partial charge in [-0.05, 0) is 85.4 Å². The fraction of sp³-hybridized carbons (Fsp3) is 0.400. The van der Waals surface area contributed by atoms with Crippen molar-refractivity contribution in [2.45, 2.75) is 51.9 Å². The average molecular weight is 379 g/mol. The van der Waals surface area contributed by atoms with Crippen LogP contribution < -0.4 is 4.74 Å². The number of rotatable bonds is 8. The lowest BCUT2D eigenvalue weighted by molar-refractivity contribution is -0.140. The van der Waals surface area contributed by atoms with Gasteiger partial charge in [0.15, 0.2) is 0 Å². The van der Waals surface area contributed by atoms with Crippen molar-refractivity contribution < 1.29 is 14.3 Å². The van der Waals surface area contributed by atoms with Crippen molar-refractivity contribution in [2.24, 2.45) is 0 Å². The third-order valence-corrected chi connectivity index (χ3v) is 5.46. The normalized spacial score (nSPS) is 14.1. The Labute approximate surface area is 168 Å². The monoisotopic (exact) mass is 378 g/mol. The van der Waals surface area contributed by atoms with E-state index in [1.165, 1.54) is 47.8 Å². The molecule has 0 unspecified atom stereocenters. The number of carbonyl (C=O) groups excluding carboxylic acids is 1. The lowest BCUT2D eigenvalue weighted by atomic mass is 9.86. The van der Waals surface area contributed by atoms with Crippen LogP contribution in [0.2, 0.25) is 0 Å². The van der Waals surface area contributed by atoms with E-state index in [0.29, 0.717) is 13.0 Å². The molecule has 2 aromatic carbocycles. The first kappa shape index (κ1) is 20.2. The zero-order valence-electron chi connectivity index (χ0n) is 17.0. The van der Waals surface area contributed by atoms with E-state index >= 15 is 0 Å². The number of benzene rings is 2. The smallest absolute Gasteiger partial charge is 0.305 e. The molecule has 0 amide bonds. The number of hydrogen-bond acceptors (Lipinski definition) is 3. The van der Waals surface area contributed by atoms with Gasteiger partial charge in [-0.15, -0.1) is 0 Å². The van der Waals surface area contributed by atoms with Gasteiger partial charge in [0, 0.05) is 6.42 Å². The number of ether oxygens (including phenoxy) is 2. The molecule has 0 saturated carbocycles. The molecule has 1 aliphatic carbocycles. The molecule has 0 atom stereocenters. The largest absolute Gasteiger partial charge is 0.489 e. The van der Waals surface area contributed by atoms with E-state index in [0.717, 1.165) is 31.4 Å². The van der Waals surface area contributed by atoms with Gasteiger partial charge in [-0.25, -0.2) is 0 Å². The van der Waals surface area contributed by atoms with Gasteiger partial charge < -0.3 is 9.47 Å². The molecule has 3 rings (SSSR count). The summed E-state index contributed by atoms with van der Waals surface area (Å²) >= 11 is 0. The van der Waals surface area contributed by atoms with Crippen LogP contribution in [0.3, 0.4) is 0 Å². The van der Waals surface area contributed by atoms with Crippen molar-refractivity contribution in [2.75, 3.05) is 13.7 Å². The molecule has 3 nitrogen and oxygen atoms in total. The van der Waals surface area contributed by atoms with Gasteiger partial charge in [-0.3, -0.25) is 4.79 Å². The number of aryl methyl sites for hydroxylation is 2. The minimum absolute atomic E-state index is 0.148. The molecule has 3 heteroatoms. The minimum atomic E-state index is -0.148. The fourth-order valence-corrected chi connectivity index (χ4v) is 3.83. The molecule has 0 aromatic heterocycles. The van der Waals surface area contributed by atoms with Crippen LogP contribution in [0.15, 0.2) is 54.1 Å². The minimum Gasteiger partial charge on any atom is -0.489 e. The number of hydrogen-bond donors (Lipinski definition) is 0. The second-order valence-electron chi connectivity index (χ2n) is 7.47. The summed E-state index contributed by atoms with van der Waals surface area (Å²) in [6, 6.07) is 16.9. The third kappa shape index (κ3) is 5.48. The zero-order valence-corrected chi connectivity index (χ0v) is 17.0. The second kappa shape index (κ2) is 10.1. The quantitative estimate of drug-likeness (QED) is 0.537. The van der Waals surface area contributed by atoms with Gasteiger partial charge in [-0.2, -0.15) is 0 Å². The Kier molecular flexibility index (Phi) is 7.30. The summed E-state index contributed by atoms with van der Waals surface area (Å²) in [7, 11) is 1.43. The number of methoxy groups -OCH3 is 1. The number of carbonyl (C=O) groups is 1. The van der Waals surface area contributed by atoms with Crippen molar-refractivity contribution in [3.63, 3.8) is 0 Å². The van der Waals surface area contributed by atoms with E-state index in [2.05, 4.69) is 48.1 Å². The van der Waals surface area contributed by atoms with Crippen molar-refractivity contribution in [1.29, 1.82) is 0 Å². The standard InChI is InChI=1S/C25H30O3/c1-19-8-3-5-11-23(19)24-12-6-4-10-21(24)18-28-22-16-14-20(15-17-22)9-7-13-25(26)27-2/h3,5,8,11,14-17H,4,6-7,9-10,12-13,18H2,1-2H3. The maximum atomic E-state index is 11.2. The predicted octanol–water partition coefficient (Wildman–Crippen LogP) is 5.90. The molecule has 2 aromatic rings. The molecule has 0 aliphatic heterocycles. The van der Waals surface area contributed by atoms with Crippen molar-refractivity contribution in [1.82, 2.24) is 0 Å². The van der Waals surface area contributed by atoms with Crippen LogP contribution in [0.1, 0.15) is 55.2 Å². The van der Waals surface area contributed by atoms with Crippen molar-refractivity contribution in [3.05, 3.63) is 70.8 Å². The maximum absolute atomic E-state index is 11.2. The molecule has 0 radical (unpaired) electrons. The molecule has 0 heterocycles. The van der Waals surface area contributed by atoms with E-state index in [1.54, 1.807) is 0 Å². The van der Waals surface area contributed by atoms with E-state index in [1.807, 2.05) is 12.1 Å². The summed E-state index contributed by atoms with van der Waals surface area (Å²) in [4.78, 5) is 11.2. The maximum Gasteiger partial charge on any atom is 0.305 e. The molecular weight excluding hydrogens is 348 g/mol. The van der Waals surface area contributed by atoms with Crippen LogP contribution in [-0.2, 0) is 16.0 Å². The topological polar surface area (TPSA) is 35.5 Å². The molecule has 0 spiro atoms. The molecule has 0 saturated heterocycles. The van der Waals surface area contributed by atoms with Crippen LogP contribution >= 0.6 is 0 Å². The lowest BCUT2D eigenvalue weighted by Gasteiger charge is -2.22. The van der Waals surface area contributed by atoms with E-state index in [4.69, 9.17) is 4.74 Å². The first-order valence-corrected chi connectivity index (χ1v) is 10.2. The molecule has 148 valence electrons. The Morgan fingerprint density at radius 3 is 2.50 bits per heavy atom. The summed E-state index contributed by atoms with van der Waals surface area (Å²) in [5, 5.41) is 0. The van der Waals surface area contributed by atoms with Crippen LogP contribution in [-0.4, -0.2) is 19.7 Å². The van der Waals surface area contributed by atoms with Crippen molar-refractivity contribution >= 4 is 11.5 Å². The van der Waals surface area contributed by atoms with Crippen molar-refractivity contribution in [3.8, 4) is 5.75 Å². The molecule has 0 fully saturated rings. The van der Waals surface area contributed by atoms with Crippen LogP contribution in [0.5, 0.6) is 5.75 Å². The van der Waals surface area contributed by atoms with Gasteiger partial charge in [0.1, 0.15) is 12.4 Å². The Bertz CT molecular complexity index is 818. The summed E-state index contributed by atoms with van der Waals surface area (Å²) in [5.41, 5.74) is 6.84. The Morgan fingerprint density at radius 1 is 1.00 bits per heavy atom. The van der Waals surface area contributed by atoms with E-state index in [-0.39, 0.29) is 5.97 Å². The Hall–Kier alpha value is -2.55. The van der Waals surface area contributed by atoms with Gasteiger partial charge in [0.25, 0.3) is 0 Å². The average Bonchev–Trinajstić information content (AvgIpc) is 2.74. The lowest BCUT2D eigenvalue weighted by Crippen LogP contribution is -2.09. The van der Waals surface area contributed by atoms with Crippen LogP contribution in [0, 0.1) is 6.92 Å². The molecule has 0 N–H and O–H groups in total. The van der Waals surface area contributed by atoms with Gasteiger partial charge in [0.05, 0.1) is 7.11 Å². The highest BCUT2D eigenvalue weighted by molar-refractivity contribution is 5.72. The number of esters is 1. The SMILES string of the molecule is COC(=O)CCCc1ccc(OCC2=C(c3ccccc3C)CCCC2)cc1. The highest BCUT2D eigenvalue weighted by Crippen LogP contribution is 2.34. The Morgan fingerprint density at radius 2 is 1.75 bits per heavy atom. The molecule has 1 aliphatic rings. The number of allylic oxidation sites excluding steroid dienone is 1. The van der Waals surface area contributed by atoms with Crippen LogP contribution in [0.25, 0.3) is 5.57 Å². The first-order valence-electron chi connectivity index (χ1n) is 10.2. The summed E-state index contributed by atoms with van der Waals surface area (Å²) in [5.74, 6) is 0.754. The highest BCUT2D eigenvalue weighted by atomic mass is 16.5. The second-order valence-corrected chi connectivity index (χ2v) is 7.47. The first-order chi connectivity index (χ1) is 13.7. The Balaban J connectivity index is 1.61. The molecule has 28 heavy (non-hydrogen) atoms. The van der Waals surface area contributed by atoms with Crippen LogP contribution in [0.4, 0.5) is 0 Å². The fourth-order valence-electron chi connectivity index (χ4n) is 3.83. The summed E-state index contributed by atoms with van der Waals surface area (Å²) < 4.78 is 10.8. The predicted molar refractivity (Wildman–Crippen MR) is 113 cm³/mol. The van der Waals surface area contributed by atoms with E-state index in [9.17, 15) is 4.79 Å². The summed E-state index contributed by atoms with van der Waals surface area (Å²) in [6.07, 6.45) is 6.90. The molecular formula is C25H30O3. The third-order valence-electron chi connectivity index (χ3n) is 5.46. The van der Waals surface area contributed by atoms with Gasteiger partial charge in [-0.1, -0.05) is 36.4 Å². The highest BCUT2D eigenvalue weighted by Gasteiger charge is 2.16. The summed E-state index contributed by atoms with van der Waals surface area (Å²) in [6.45, 7) is 2.85. The molecule has 0 bridgehead atoms. The zero-order chi connectivity index (χ0) is 19.8. The van der Waals surface area contributed by atoms with E-state index < -0.39 is 0 Å². The van der Waals surface area contributed by atoms with Gasteiger partial charge in [0.2, 0.25) is 0 Å². The van der Waals surface area contributed by atoms with Gasteiger partial charge >= 0.3 is 5.97 Å².